The Balaban J connectivity index is 1.52. The molecular weight excluding hydrogens is 402 g/mol. The van der Waals surface area contributed by atoms with E-state index >= 15 is 0 Å². The van der Waals surface area contributed by atoms with Gasteiger partial charge in [0.05, 0.1) is 10.6 Å². The van der Waals surface area contributed by atoms with E-state index in [1.54, 1.807) is 23.0 Å². The van der Waals surface area contributed by atoms with Gasteiger partial charge in [-0.15, -0.1) is 11.3 Å². The number of Topliss-reactive ketones (excluding diaryl/α,β-unsaturated/α-hetero) is 1. The number of carbonyl (C=O) groups is 1. The fraction of sp³-hybridized carbons (Fsp3) is 0.318. The van der Waals surface area contributed by atoms with Crippen LogP contribution in [-0.2, 0) is 19.9 Å². The highest BCUT2D eigenvalue weighted by molar-refractivity contribution is 8.00. The van der Waals surface area contributed by atoms with Crippen LogP contribution in [0.5, 0.6) is 0 Å². The number of hydrogen-bond acceptors (Lipinski definition) is 5. The fourth-order valence-corrected chi connectivity index (χ4v) is 6.46. The van der Waals surface area contributed by atoms with Crippen LogP contribution in [0, 0.1) is 6.92 Å². The Morgan fingerprint density at radius 3 is 2.93 bits per heavy atom. The van der Waals surface area contributed by atoms with Gasteiger partial charge in [-0.3, -0.25) is 14.2 Å². The number of hydrogen-bond donors (Lipinski definition) is 1. The molecule has 0 spiro atoms. The van der Waals surface area contributed by atoms with Gasteiger partial charge in [0.2, 0.25) is 0 Å². The number of nitrogens with zero attached hydrogens (tertiary/aromatic N) is 2. The van der Waals surface area contributed by atoms with Gasteiger partial charge in [0.25, 0.3) is 5.56 Å². The number of benzene rings is 1. The van der Waals surface area contributed by atoms with Gasteiger partial charge < -0.3 is 4.98 Å². The molecule has 0 fully saturated rings. The Bertz CT molecular complexity index is 1350. The van der Waals surface area contributed by atoms with Gasteiger partial charge in [-0.25, -0.2) is 4.98 Å². The molecule has 7 heteroatoms. The van der Waals surface area contributed by atoms with Crippen molar-refractivity contribution in [2.75, 3.05) is 0 Å². The molecule has 0 bridgehead atoms. The second-order valence-electron chi connectivity index (χ2n) is 7.59. The largest absolute Gasteiger partial charge is 0.358 e. The normalized spacial score (nSPS) is 14.6. The average molecular weight is 424 g/mol. The number of ketones is 1. The third-order valence-corrected chi connectivity index (χ3v) is 8.03. The van der Waals surface area contributed by atoms with Gasteiger partial charge in [0, 0.05) is 34.1 Å². The lowest BCUT2D eigenvalue weighted by molar-refractivity contribution is 0.0995. The van der Waals surface area contributed by atoms with Gasteiger partial charge in [-0.05, 0) is 44.7 Å². The Labute approximate surface area is 176 Å². The number of fused-ring (bicyclic) bond motifs is 4. The van der Waals surface area contributed by atoms with E-state index in [1.165, 1.54) is 22.2 Å². The van der Waals surface area contributed by atoms with E-state index in [2.05, 4.69) is 4.98 Å². The summed E-state index contributed by atoms with van der Waals surface area (Å²) in [6.07, 6.45) is 3.12. The minimum atomic E-state index is -0.352. The lowest BCUT2D eigenvalue weighted by Gasteiger charge is -2.13. The zero-order chi connectivity index (χ0) is 20.3. The molecule has 1 aromatic carbocycles. The first-order valence-corrected chi connectivity index (χ1v) is 11.4. The molecule has 1 atom stereocenters. The quantitative estimate of drug-likeness (QED) is 0.295. The highest BCUT2D eigenvalue weighted by Crippen LogP contribution is 2.36. The van der Waals surface area contributed by atoms with E-state index in [9.17, 15) is 9.59 Å². The summed E-state index contributed by atoms with van der Waals surface area (Å²) in [7, 11) is 1.75. The van der Waals surface area contributed by atoms with E-state index in [4.69, 9.17) is 4.98 Å². The predicted octanol–water partition coefficient (Wildman–Crippen LogP) is 4.64. The molecule has 1 aliphatic carbocycles. The molecule has 0 amide bonds. The predicted molar refractivity (Wildman–Crippen MR) is 120 cm³/mol. The summed E-state index contributed by atoms with van der Waals surface area (Å²) in [6, 6.07) is 7.85. The van der Waals surface area contributed by atoms with Crippen molar-refractivity contribution in [1.29, 1.82) is 0 Å². The van der Waals surface area contributed by atoms with E-state index in [0.29, 0.717) is 5.16 Å². The number of rotatable bonds is 4. The number of aromatic nitrogens is 3. The molecule has 5 rings (SSSR count). The smallest absolute Gasteiger partial charge is 0.262 e. The minimum Gasteiger partial charge on any atom is -0.358 e. The van der Waals surface area contributed by atoms with Gasteiger partial charge in [-0.2, -0.15) is 0 Å². The molecule has 3 aromatic heterocycles. The van der Waals surface area contributed by atoms with Crippen LogP contribution >= 0.6 is 23.1 Å². The molecule has 5 nitrogen and oxygen atoms in total. The lowest BCUT2D eigenvalue weighted by Crippen LogP contribution is -2.22. The summed E-state index contributed by atoms with van der Waals surface area (Å²) < 4.78 is 1.60. The van der Waals surface area contributed by atoms with Crippen molar-refractivity contribution in [3.8, 4) is 0 Å². The molecule has 29 heavy (non-hydrogen) atoms. The molecule has 0 saturated carbocycles. The Morgan fingerprint density at radius 1 is 1.31 bits per heavy atom. The number of H-pyrrole nitrogens is 1. The van der Waals surface area contributed by atoms with E-state index in [-0.39, 0.29) is 16.6 Å². The second kappa shape index (κ2) is 6.85. The van der Waals surface area contributed by atoms with Gasteiger partial charge in [0.1, 0.15) is 4.83 Å². The van der Waals surface area contributed by atoms with Gasteiger partial charge >= 0.3 is 0 Å². The minimum absolute atomic E-state index is 0.000163. The van der Waals surface area contributed by atoms with Crippen LogP contribution in [0.25, 0.3) is 21.1 Å². The molecule has 148 valence electrons. The van der Waals surface area contributed by atoms with Crippen molar-refractivity contribution in [2.24, 2.45) is 7.05 Å². The SMILES string of the molecule is Cc1[nH]c2ccccc2c1C(=O)C(C)Sc1nc2sc3c(c2c(=O)n1C)CCC3. The fourth-order valence-electron chi connectivity index (χ4n) is 4.22. The topological polar surface area (TPSA) is 67.8 Å². The van der Waals surface area contributed by atoms with Crippen molar-refractivity contribution in [3.63, 3.8) is 0 Å². The van der Waals surface area contributed by atoms with Gasteiger partial charge in [-0.1, -0.05) is 30.0 Å². The molecule has 1 N–H and O–H groups in total. The zero-order valence-corrected chi connectivity index (χ0v) is 18.2. The zero-order valence-electron chi connectivity index (χ0n) is 16.5. The van der Waals surface area contributed by atoms with E-state index in [1.807, 2.05) is 38.1 Å². The number of thiophene rings is 1. The summed E-state index contributed by atoms with van der Waals surface area (Å²) >= 11 is 2.99. The second-order valence-corrected chi connectivity index (χ2v) is 9.98. The van der Waals surface area contributed by atoms with Crippen LogP contribution < -0.4 is 5.56 Å². The highest BCUT2D eigenvalue weighted by atomic mass is 32.2. The number of thioether (sulfide) groups is 1. The number of para-hydroxylation sites is 1. The number of nitrogens with one attached hydrogen (secondary N) is 1. The summed E-state index contributed by atoms with van der Waals surface area (Å²) in [5.74, 6) is 0.0490. The number of aromatic amines is 1. The number of aryl methyl sites for hydroxylation is 3. The molecule has 1 aliphatic rings. The average Bonchev–Trinajstić information content (AvgIpc) is 3.36. The maximum atomic E-state index is 13.3. The van der Waals surface area contributed by atoms with Gasteiger partial charge in [0.15, 0.2) is 10.9 Å². The van der Waals surface area contributed by atoms with Crippen LogP contribution in [0.1, 0.15) is 39.8 Å². The van der Waals surface area contributed by atoms with E-state index < -0.39 is 0 Å². The summed E-state index contributed by atoms with van der Waals surface area (Å²) in [4.78, 5) is 36.4. The first-order valence-electron chi connectivity index (χ1n) is 9.75. The molecule has 3 heterocycles. The van der Waals surface area contributed by atoms with Crippen molar-refractivity contribution < 1.29 is 4.79 Å². The Morgan fingerprint density at radius 2 is 2.10 bits per heavy atom. The molecule has 0 aliphatic heterocycles. The van der Waals surface area contributed by atoms with Crippen molar-refractivity contribution in [3.05, 3.63) is 56.3 Å². The summed E-state index contributed by atoms with van der Waals surface area (Å²) in [5.41, 5.74) is 3.75. The molecule has 0 radical (unpaired) electrons. The highest BCUT2D eigenvalue weighted by Gasteiger charge is 2.26. The number of carbonyl (C=O) groups excluding carboxylic acids is 1. The summed E-state index contributed by atoms with van der Waals surface area (Å²) in [6.45, 7) is 3.82. The standard InChI is InChI=1S/C22H21N3O2S2/c1-11-17(13-7-4-5-9-15(13)23-11)19(26)12(2)28-22-24-20-18(21(27)25(22)3)14-8-6-10-16(14)29-20/h4-5,7,9,12,23H,6,8,10H2,1-3H3. The lowest BCUT2D eigenvalue weighted by atomic mass is 10.1. The van der Waals surface area contributed by atoms with Crippen LogP contribution in [0.4, 0.5) is 0 Å². The molecule has 0 saturated heterocycles. The first-order chi connectivity index (χ1) is 14.0. The molecule has 4 aromatic rings. The molecule has 1 unspecified atom stereocenters. The van der Waals surface area contributed by atoms with Crippen LogP contribution in [-0.4, -0.2) is 25.6 Å². The monoisotopic (exact) mass is 423 g/mol. The summed E-state index contributed by atoms with van der Waals surface area (Å²) in [5, 5.41) is 1.96. The van der Waals surface area contributed by atoms with Crippen molar-refractivity contribution in [2.45, 2.75) is 43.5 Å². The van der Waals surface area contributed by atoms with Crippen LogP contribution in [0.2, 0.25) is 0 Å². The van der Waals surface area contributed by atoms with Crippen LogP contribution in [0.3, 0.4) is 0 Å². The van der Waals surface area contributed by atoms with Crippen molar-refractivity contribution >= 4 is 50.0 Å². The maximum Gasteiger partial charge on any atom is 0.262 e. The van der Waals surface area contributed by atoms with E-state index in [0.717, 1.165) is 51.6 Å². The third kappa shape index (κ3) is 2.87. The van der Waals surface area contributed by atoms with Crippen LogP contribution in [0.15, 0.2) is 34.2 Å². The van der Waals surface area contributed by atoms with Crippen molar-refractivity contribution in [1.82, 2.24) is 14.5 Å². The Hall–Kier alpha value is -2.38. The first kappa shape index (κ1) is 18.6. The maximum absolute atomic E-state index is 13.3. The Kier molecular flexibility index (Phi) is 4.40. The molecular formula is C22H21N3O2S2. The third-order valence-electron chi connectivity index (χ3n) is 5.70.